The highest BCUT2D eigenvalue weighted by molar-refractivity contribution is 6.10. The van der Waals surface area contributed by atoms with Crippen molar-refractivity contribution >= 4 is 40.1 Å². The number of amides is 1. The van der Waals surface area contributed by atoms with Gasteiger partial charge in [0.15, 0.2) is 5.65 Å². The lowest BCUT2D eigenvalue weighted by Gasteiger charge is -2.22. The van der Waals surface area contributed by atoms with Crippen molar-refractivity contribution in [3.05, 3.63) is 54.0 Å². The first-order valence-electron chi connectivity index (χ1n) is 10.2. The molecule has 1 aliphatic carbocycles. The molecule has 0 atom stereocenters. The molecule has 1 aromatic carbocycles. The highest BCUT2D eigenvalue weighted by Crippen LogP contribution is 2.28. The van der Waals surface area contributed by atoms with Crippen LogP contribution in [0.3, 0.4) is 0 Å². The predicted octanol–water partition coefficient (Wildman–Crippen LogP) is 3.70. The summed E-state index contributed by atoms with van der Waals surface area (Å²) in [5.74, 6) is 0.538. The average Bonchev–Trinajstić information content (AvgIpc) is 3.37. The number of fused-ring (bicyclic) bond motifs is 2. The number of rotatable bonds is 4. The van der Waals surface area contributed by atoms with Crippen LogP contribution in [-0.2, 0) is 0 Å². The van der Waals surface area contributed by atoms with Crippen LogP contribution in [0, 0.1) is 0 Å². The number of para-hydroxylation sites is 2. The van der Waals surface area contributed by atoms with Crippen LogP contribution in [-0.4, -0.2) is 32.8 Å². The lowest BCUT2D eigenvalue weighted by Crippen LogP contribution is -2.36. The Kier molecular flexibility index (Phi) is 4.66. The number of aromatic nitrogens is 3. The zero-order valence-corrected chi connectivity index (χ0v) is 16.4. The Labute approximate surface area is 172 Å². The van der Waals surface area contributed by atoms with Gasteiger partial charge in [0.1, 0.15) is 22.7 Å². The van der Waals surface area contributed by atoms with Crippen molar-refractivity contribution in [3.8, 4) is 0 Å². The van der Waals surface area contributed by atoms with Gasteiger partial charge in [-0.3, -0.25) is 4.79 Å². The standard InChI is InChI=1S/C22H22N6O2/c23-20-18(22(29)25-14-7-2-1-3-8-14)19-21(27-17-11-5-4-10-16(17)26-19)28(20)24-13-15-9-6-12-30-15/h4-6,9-14H,1-3,7-8,23H2,(H,25,29)/b24-13-. The Morgan fingerprint density at radius 3 is 2.63 bits per heavy atom. The van der Waals surface area contributed by atoms with Gasteiger partial charge >= 0.3 is 0 Å². The van der Waals surface area contributed by atoms with Crippen LogP contribution in [0.15, 0.2) is 52.2 Å². The first-order chi connectivity index (χ1) is 14.7. The molecule has 30 heavy (non-hydrogen) atoms. The van der Waals surface area contributed by atoms with Crippen molar-refractivity contribution in [1.82, 2.24) is 20.0 Å². The molecule has 4 aromatic rings. The SMILES string of the molecule is Nc1c(C(=O)NC2CCCCC2)c2nc3ccccc3nc2n1/N=C\c1ccco1. The zero-order chi connectivity index (χ0) is 20.5. The van der Waals surface area contributed by atoms with E-state index in [0.29, 0.717) is 33.5 Å². The molecule has 3 N–H and O–H groups in total. The second kappa shape index (κ2) is 7.62. The summed E-state index contributed by atoms with van der Waals surface area (Å²) in [5.41, 5.74) is 8.99. The van der Waals surface area contributed by atoms with E-state index in [1.54, 1.807) is 18.4 Å². The van der Waals surface area contributed by atoms with E-state index in [1.165, 1.54) is 17.3 Å². The van der Waals surface area contributed by atoms with Gasteiger partial charge in [0.05, 0.1) is 23.5 Å². The molecule has 0 unspecified atom stereocenters. The lowest BCUT2D eigenvalue weighted by atomic mass is 9.95. The predicted molar refractivity (Wildman–Crippen MR) is 115 cm³/mol. The average molecular weight is 402 g/mol. The van der Waals surface area contributed by atoms with Gasteiger partial charge in [0.25, 0.3) is 5.91 Å². The van der Waals surface area contributed by atoms with Gasteiger partial charge in [-0.25, -0.2) is 9.97 Å². The molecule has 0 saturated heterocycles. The topological polar surface area (TPSA) is 111 Å². The molecule has 1 saturated carbocycles. The van der Waals surface area contributed by atoms with Gasteiger partial charge in [-0.1, -0.05) is 31.4 Å². The van der Waals surface area contributed by atoms with Crippen LogP contribution in [0.2, 0.25) is 0 Å². The summed E-state index contributed by atoms with van der Waals surface area (Å²) in [6, 6.07) is 11.2. The second-order valence-corrected chi connectivity index (χ2v) is 7.52. The van der Waals surface area contributed by atoms with Crippen molar-refractivity contribution in [2.24, 2.45) is 5.10 Å². The molecule has 0 aliphatic heterocycles. The molecule has 152 valence electrons. The Hall–Kier alpha value is -3.68. The maximum absolute atomic E-state index is 13.2. The number of carbonyl (C=O) groups is 1. The van der Waals surface area contributed by atoms with Gasteiger partial charge in [-0.15, -0.1) is 0 Å². The molecule has 3 heterocycles. The lowest BCUT2D eigenvalue weighted by molar-refractivity contribution is 0.0930. The summed E-state index contributed by atoms with van der Waals surface area (Å²) in [5, 5.41) is 7.55. The first kappa shape index (κ1) is 18.4. The third kappa shape index (κ3) is 3.30. The fourth-order valence-corrected chi connectivity index (χ4v) is 3.97. The monoisotopic (exact) mass is 402 g/mol. The number of nitrogens with zero attached hydrogens (tertiary/aromatic N) is 4. The summed E-state index contributed by atoms with van der Waals surface area (Å²) in [6.07, 6.45) is 8.53. The third-order valence-electron chi connectivity index (χ3n) is 5.48. The van der Waals surface area contributed by atoms with E-state index < -0.39 is 0 Å². The Bertz CT molecular complexity index is 1240. The minimum absolute atomic E-state index is 0.157. The minimum atomic E-state index is -0.235. The van der Waals surface area contributed by atoms with Gasteiger partial charge in [0, 0.05) is 6.04 Å². The molecule has 8 nitrogen and oxygen atoms in total. The molecule has 1 amide bonds. The van der Waals surface area contributed by atoms with Crippen LogP contribution < -0.4 is 11.1 Å². The smallest absolute Gasteiger partial charge is 0.257 e. The van der Waals surface area contributed by atoms with Crippen molar-refractivity contribution in [1.29, 1.82) is 0 Å². The Morgan fingerprint density at radius 2 is 1.90 bits per heavy atom. The summed E-state index contributed by atoms with van der Waals surface area (Å²) in [7, 11) is 0. The number of nitrogens with two attached hydrogens (primary N) is 1. The van der Waals surface area contributed by atoms with E-state index in [0.717, 1.165) is 25.7 Å². The number of hydrogen-bond acceptors (Lipinski definition) is 6. The second-order valence-electron chi connectivity index (χ2n) is 7.52. The molecule has 5 rings (SSSR count). The Morgan fingerprint density at radius 1 is 1.13 bits per heavy atom. The number of nitrogens with one attached hydrogen (secondary N) is 1. The largest absolute Gasteiger partial charge is 0.463 e. The van der Waals surface area contributed by atoms with Crippen molar-refractivity contribution < 1.29 is 9.21 Å². The van der Waals surface area contributed by atoms with Crippen molar-refractivity contribution in [2.75, 3.05) is 5.73 Å². The summed E-state index contributed by atoms with van der Waals surface area (Å²) >= 11 is 0. The number of benzene rings is 1. The number of nitrogen functional groups attached to an aromatic ring is 1. The van der Waals surface area contributed by atoms with Crippen LogP contribution in [0.5, 0.6) is 0 Å². The maximum atomic E-state index is 13.2. The van der Waals surface area contributed by atoms with E-state index in [9.17, 15) is 4.79 Å². The van der Waals surface area contributed by atoms with Crippen LogP contribution in [0.25, 0.3) is 22.2 Å². The van der Waals surface area contributed by atoms with E-state index in [-0.39, 0.29) is 17.8 Å². The van der Waals surface area contributed by atoms with E-state index in [1.807, 2.05) is 24.3 Å². The third-order valence-corrected chi connectivity index (χ3v) is 5.48. The number of anilines is 1. The van der Waals surface area contributed by atoms with E-state index in [4.69, 9.17) is 15.1 Å². The molecule has 1 fully saturated rings. The summed E-state index contributed by atoms with van der Waals surface area (Å²) in [6.45, 7) is 0. The Balaban J connectivity index is 1.63. The maximum Gasteiger partial charge on any atom is 0.257 e. The van der Waals surface area contributed by atoms with E-state index in [2.05, 4.69) is 15.4 Å². The van der Waals surface area contributed by atoms with Crippen LogP contribution >= 0.6 is 0 Å². The van der Waals surface area contributed by atoms with Gasteiger partial charge in [-0.05, 0) is 37.1 Å². The zero-order valence-electron chi connectivity index (χ0n) is 16.4. The first-order valence-corrected chi connectivity index (χ1v) is 10.2. The number of hydrogen-bond donors (Lipinski definition) is 2. The fourth-order valence-electron chi connectivity index (χ4n) is 3.97. The molecule has 0 spiro atoms. The minimum Gasteiger partial charge on any atom is -0.463 e. The molecule has 0 radical (unpaired) electrons. The molecular weight excluding hydrogens is 380 g/mol. The molecule has 1 aliphatic rings. The summed E-state index contributed by atoms with van der Waals surface area (Å²) in [4.78, 5) is 22.6. The van der Waals surface area contributed by atoms with Crippen molar-refractivity contribution in [3.63, 3.8) is 0 Å². The fraction of sp³-hybridized carbons (Fsp3) is 0.273. The normalized spacial score (nSPS) is 15.3. The van der Waals surface area contributed by atoms with E-state index >= 15 is 0 Å². The van der Waals surface area contributed by atoms with Gasteiger partial charge in [-0.2, -0.15) is 9.78 Å². The molecular formula is C22H22N6O2. The van der Waals surface area contributed by atoms with Gasteiger partial charge in [0.2, 0.25) is 0 Å². The quantitative estimate of drug-likeness (QED) is 0.506. The number of furan rings is 1. The molecule has 8 heteroatoms. The highest BCUT2D eigenvalue weighted by atomic mass is 16.3. The van der Waals surface area contributed by atoms with Gasteiger partial charge < -0.3 is 15.5 Å². The number of carbonyl (C=O) groups excluding carboxylic acids is 1. The van der Waals surface area contributed by atoms with Crippen molar-refractivity contribution in [2.45, 2.75) is 38.1 Å². The summed E-state index contributed by atoms with van der Waals surface area (Å²) < 4.78 is 6.76. The highest BCUT2D eigenvalue weighted by Gasteiger charge is 2.26. The van der Waals surface area contributed by atoms with Crippen LogP contribution in [0.4, 0.5) is 5.82 Å². The van der Waals surface area contributed by atoms with Crippen LogP contribution in [0.1, 0.15) is 48.2 Å². The molecule has 0 bridgehead atoms. The molecule has 3 aromatic heterocycles.